The Labute approximate surface area is 183 Å². The van der Waals surface area contributed by atoms with Gasteiger partial charge in [0.1, 0.15) is 5.75 Å². The molecule has 164 valence electrons. The van der Waals surface area contributed by atoms with Gasteiger partial charge in [-0.3, -0.25) is 4.57 Å². The molecule has 7 heteroatoms. The zero-order chi connectivity index (χ0) is 22.7. The van der Waals surface area contributed by atoms with Crippen LogP contribution in [0, 0.1) is 0 Å². The lowest BCUT2D eigenvalue weighted by atomic mass is 10.1. The molecule has 0 bridgehead atoms. The molecule has 0 aliphatic heterocycles. The highest BCUT2D eigenvalue weighted by Crippen LogP contribution is 2.39. The molecule has 4 aromatic rings. The molecule has 0 unspecified atom stereocenters. The van der Waals surface area contributed by atoms with Crippen molar-refractivity contribution in [2.45, 2.75) is 19.3 Å². The zero-order valence-electron chi connectivity index (χ0n) is 17.2. The van der Waals surface area contributed by atoms with Crippen LogP contribution in [0.5, 0.6) is 11.6 Å². The van der Waals surface area contributed by atoms with Gasteiger partial charge in [0.2, 0.25) is 5.88 Å². The van der Waals surface area contributed by atoms with Crippen molar-refractivity contribution in [3.63, 3.8) is 0 Å². The average molecular weight is 438 g/mol. The van der Waals surface area contributed by atoms with Gasteiger partial charge in [-0.2, -0.15) is 0 Å². The predicted molar refractivity (Wildman–Crippen MR) is 118 cm³/mol. The highest BCUT2D eigenvalue weighted by molar-refractivity contribution is 5.74. The summed E-state index contributed by atoms with van der Waals surface area (Å²) in [6, 6.07) is 26.1. The smallest absolute Gasteiger partial charge is 0.493 e. The lowest BCUT2D eigenvalue weighted by Crippen LogP contribution is -2.17. The normalized spacial score (nSPS) is 12.4. The van der Waals surface area contributed by atoms with Crippen LogP contribution in [0.15, 0.2) is 91.0 Å². The molecule has 4 rings (SSSR count). The second-order valence-electron chi connectivity index (χ2n) is 7.29. The van der Waals surface area contributed by atoms with Crippen LogP contribution in [0.3, 0.4) is 0 Å². The molecule has 1 atom stereocenters. The number of benzene rings is 3. The summed E-state index contributed by atoms with van der Waals surface area (Å²) in [4.78, 5) is 0. The quantitative estimate of drug-likeness (QED) is 0.343. The molecule has 1 heterocycles. The van der Waals surface area contributed by atoms with Gasteiger partial charge in [0, 0.05) is 17.3 Å². The van der Waals surface area contributed by atoms with Crippen LogP contribution in [0.2, 0.25) is 0 Å². The standard InChI is InChI=1S/C25H21F3N2O2/c1-17(18-9-4-2-5-10-18)29-22-16-23(30(24(22)31)20-12-6-3-7-13-20)19-11-8-14-21(15-19)32-25(26,27)28/h2-17,29,31H,1H3/t17-/m1/s1. The maximum absolute atomic E-state index is 12.7. The van der Waals surface area contributed by atoms with Gasteiger partial charge in [0.15, 0.2) is 0 Å². The minimum Gasteiger partial charge on any atom is -0.493 e. The summed E-state index contributed by atoms with van der Waals surface area (Å²) in [7, 11) is 0. The van der Waals surface area contributed by atoms with Gasteiger partial charge in [0.05, 0.1) is 11.4 Å². The molecule has 0 aliphatic carbocycles. The van der Waals surface area contributed by atoms with E-state index in [9.17, 15) is 18.3 Å². The van der Waals surface area contributed by atoms with E-state index in [0.717, 1.165) is 5.56 Å². The summed E-state index contributed by atoms with van der Waals surface area (Å²) in [5, 5.41) is 14.4. The van der Waals surface area contributed by atoms with Gasteiger partial charge in [-0.15, -0.1) is 13.2 Å². The van der Waals surface area contributed by atoms with Gasteiger partial charge in [-0.25, -0.2) is 0 Å². The molecular formula is C25H21F3N2O2. The van der Waals surface area contributed by atoms with E-state index in [1.54, 1.807) is 16.7 Å². The summed E-state index contributed by atoms with van der Waals surface area (Å²) < 4.78 is 43.8. The average Bonchev–Trinajstić information content (AvgIpc) is 3.10. The fraction of sp³-hybridized carbons (Fsp3) is 0.120. The second kappa shape index (κ2) is 8.70. The predicted octanol–water partition coefficient (Wildman–Crippen LogP) is 6.92. The molecule has 0 spiro atoms. The highest BCUT2D eigenvalue weighted by atomic mass is 19.4. The van der Waals surface area contributed by atoms with Crippen LogP contribution >= 0.6 is 0 Å². The maximum atomic E-state index is 12.7. The van der Waals surface area contributed by atoms with Crippen LogP contribution in [-0.2, 0) is 0 Å². The second-order valence-corrected chi connectivity index (χ2v) is 7.29. The maximum Gasteiger partial charge on any atom is 0.573 e. The molecule has 0 saturated heterocycles. The molecular weight excluding hydrogens is 417 g/mol. The number of rotatable bonds is 6. The molecule has 0 aliphatic rings. The van der Waals surface area contributed by atoms with E-state index in [2.05, 4.69) is 10.1 Å². The van der Waals surface area contributed by atoms with Crippen molar-refractivity contribution in [3.8, 4) is 28.6 Å². The molecule has 32 heavy (non-hydrogen) atoms. The van der Waals surface area contributed by atoms with Crippen molar-refractivity contribution in [2.75, 3.05) is 5.32 Å². The van der Waals surface area contributed by atoms with E-state index in [-0.39, 0.29) is 17.7 Å². The third-order valence-electron chi connectivity index (χ3n) is 5.02. The first-order valence-corrected chi connectivity index (χ1v) is 9.99. The molecule has 0 saturated carbocycles. The van der Waals surface area contributed by atoms with Gasteiger partial charge in [-0.05, 0) is 42.8 Å². The zero-order valence-corrected chi connectivity index (χ0v) is 17.2. The van der Waals surface area contributed by atoms with Gasteiger partial charge in [0.25, 0.3) is 0 Å². The fourth-order valence-electron chi connectivity index (χ4n) is 3.57. The monoisotopic (exact) mass is 438 g/mol. The molecule has 3 aromatic carbocycles. The first-order chi connectivity index (χ1) is 15.3. The number of ether oxygens (including phenoxy) is 1. The van der Waals surface area contributed by atoms with Gasteiger partial charge < -0.3 is 15.2 Å². The number of nitrogens with one attached hydrogen (secondary N) is 1. The first-order valence-electron chi connectivity index (χ1n) is 9.99. The Morgan fingerprint density at radius 1 is 0.875 bits per heavy atom. The van der Waals surface area contributed by atoms with Crippen LogP contribution < -0.4 is 10.1 Å². The van der Waals surface area contributed by atoms with E-state index < -0.39 is 6.36 Å². The minimum atomic E-state index is -4.79. The number of halogens is 3. The van der Waals surface area contributed by atoms with E-state index >= 15 is 0 Å². The van der Waals surface area contributed by atoms with E-state index in [1.165, 1.54) is 18.2 Å². The van der Waals surface area contributed by atoms with Crippen molar-refractivity contribution in [1.29, 1.82) is 0 Å². The van der Waals surface area contributed by atoms with Crippen LogP contribution in [-0.4, -0.2) is 16.0 Å². The molecule has 0 amide bonds. The molecule has 0 radical (unpaired) electrons. The molecule has 2 N–H and O–H groups in total. The largest absolute Gasteiger partial charge is 0.573 e. The van der Waals surface area contributed by atoms with Crippen LogP contribution in [0.25, 0.3) is 16.9 Å². The van der Waals surface area contributed by atoms with Crippen molar-refractivity contribution in [1.82, 2.24) is 4.57 Å². The minimum absolute atomic E-state index is 0.0453. The number of aromatic hydroxyl groups is 1. The van der Waals surface area contributed by atoms with E-state index in [0.29, 0.717) is 22.6 Å². The molecule has 0 fully saturated rings. The Balaban J connectivity index is 1.78. The van der Waals surface area contributed by atoms with Crippen LogP contribution in [0.1, 0.15) is 18.5 Å². The van der Waals surface area contributed by atoms with Crippen molar-refractivity contribution < 1.29 is 23.0 Å². The highest BCUT2D eigenvalue weighted by Gasteiger charge is 2.31. The Bertz CT molecular complexity index is 1190. The number of nitrogens with zero attached hydrogens (tertiary/aromatic N) is 1. The fourth-order valence-corrected chi connectivity index (χ4v) is 3.57. The first kappa shape index (κ1) is 21.4. The third kappa shape index (κ3) is 4.72. The Kier molecular flexibility index (Phi) is 5.81. The number of alkyl halides is 3. The summed E-state index contributed by atoms with van der Waals surface area (Å²) in [5.74, 6) is -0.376. The number of hydrogen-bond acceptors (Lipinski definition) is 3. The third-order valence-corrected chi connectivity index (χ3v) is 5.02. The number of hydrogen-bond donors (Lipinski definition) is 2. The van der Waals surface area contributed by atoms with Gasteiger partial charge in [-0.1, -0.05) is 60.7 Å². The van der Waals surface area contributed by atoms with Crippen molar-refractivity contribution >= 4 is 5.69 Å². The topological polar surface area (TPSA) is 46.4 Å². The number of aromatic nitrogens is 1. The van der Waals surface area contributed by atoms with Crippen LogP contribution in [0.4, 0.5) is 18.9 Å². The van der Waals surface area contributed by atoms with Gasteiger partial charge >= 0.3 is 6.36 Å². The van der Waals surface area contributed by atoms with E-state index in [4.69, 9.17) is 0 Å². The number of anilines is 1. The summed E-state index contributed by atoms with van der Waals surface area (Å²) in [6.07, 6.45) is -4.79. The van der Waals surface area contributed by atoms with Crippen molar-refractivity contribution in [2.24, 2.45) is 0 Å². The summed E-state index contributed by atoms with van der Waals surface area (Å²) >= 11 is 0. The van der Waals surface area contributed by atoms with Crippen molar-refractivity contribution in [3.05, 3.63) is 96.6 Å². The lowest BCUT2D eigenvalue weighted by Gasteiger charge is -2.15. The Morgan fingerprint density at radius 3 is 2.19 bits per heavy atom. The molecule has 4 nitrogen and oxygen atoms in total. The van der Waals surface area contributed by atoms with E-state index in [1.807, 2.05) is 67.6 Å². The molecule has 1 aromatic heterocycles. The summed E-state index contributed by atoms with van der Waals surface area (Å²) in [5.41, 5.74) is 3.14. The Hall–Kier alpha value is -3.87. The lowest BCUT2D eigenvalue weighted by molar-refractivity contribution is -0.274. The SMILES string of the molecule is C[C@@H](Nc1cc(-c2cccc(OC(F)(F)F)c2)n(-c2ccccc2)c1O)c1ccccc1. The Morgan fingerprint density at radius 2 is 1.53 bits per heavy atom. The summed E-state index contributed by atoms with van der Waals surface area (Å²) in [6.45, 7) is 1.96. The number of para-hydroxylation sites is 1.